The molecule has 16 heteroatoms. The van der Waals surface area contributed by atoms with Gasteiger partial charge in [-0.1, -0.05) is 0 Å². The Morgan fingerprint density at radius 2 is 1.27 bits per heavy atom. The van der Waals surface area contributed by atoms with Crippen molar-refractivity contribution in [1.82, 2.24) is 0 Å². The molecule has 0 unspecified atom stereocenters. The van der Waals surface area contributed by atoms with Gasteiger partial charge >= 0.3 is 29.8 Å². The number of carbonyl (C=O) groups excluding carboxylic acids is 5. The van der Waals surface area contributed by atoms with Crippen molar-refractivity contribution in [3.8, 4) is 0 Å². The predicted molar refractivity (Wildman–Crippen MR) is 142 cm³/mol. The van der Waals surface area contributed by atoms with Crippen LogP contribution >= 0.6 is 34.8 Å². The van der Waals surface area contributed by atoms with E-state index in [0.29, 0.717) is 0 Å². The molecule has 2 aliphatic rings. The van der Waals surface area contributed by atoms with Gasteiger partial charge in [-0.2, -0.15) is 0 Å². The topological polar surface area (TPSA) is 159 Å². The Morgan fingerprint density at radius 3 is 1.78 bits per heavy atom. The Balaban J connectivity index is 2.22. The number of hydrogen-bond donors (Lipinski definition) is 0. The summed E-state index contributed by atoms with van der Waals surface area (Å²) >= 11 is 18.8. The molecule has 2 aliphatic heterocycles. The van der Waals surface area contributed by atoms with Gasteiger partial charge in [-0.15, -0.1) is 34.8 Å². The maximum absolute atomic E-state index is 11.9. The molecule has 0 radical (unpaired) electrons. The summed E-state index contributed by atoms with van der Waals surface area (Å²) in [4.78, 5) is 58.7. The zero-order chi connectivity index (χ0) is 30.9. The number of ether oxygens (including phenoxy) is 8. The van der Waals surface area contributed by atoms with Crippen LogP contribution in [-0.4, -0.2) is 115 Å². The van der Waals surface area contributed by atoms with Crippen LogP contribution in [0.25, 0.3) is 0 Å². The van der Waals surface area contributed by atoms with Crippen LogP contribution < -0.4 is 0 Å². The van der Waals surface area contributed by atoms with Crippen LogP contribution in [0.1, 0.15) is 41.0 Å². The summed E-state index contributed by atoms with van der Waals surface area (Å²) in [5, 5.41) is -1.03. The number of rotatable bonds is 13. The van der Waals surface area contributed by atoms with Crippen molar-refractivity contribution in [2.45, 2.75) is 94.7 Å². The summed E-state index contributed by atoms with van der Waals surface area (Å²) in [7, 11) is 0. The lowest BCUT2D eigenvalue weighted by atomic mass is 9.92. The first-order valence-electron chi connectivity index (χ1n) is 12.7. The fourth-order valence-corrected chi connectivity index (χ4v) is 5.57. The third kappa shape index (κ3) is 9.82. The van der Waals surface area contributed by atoms with Gasteiger partial charge in [0.15, 0.2) is 24.4 Å². The molecule has 2 rings (SSSR count). The molecule has 9 atom stereocenters. The summed E-state index contributed by atoms with van der Waals surface area (Å²) in [5.41, 5.74) is -1.32. The predicted octanol–water partition coefficient (Wildman–Crippen LogP) is 1.67. The highest BCUT2D eigenvalue weighted by molar-refractivity contribution is 6.21. The van der Waals surface area contributed by atoms with Crippen molar-refractivity contribution >= 4 is 64.6 Å². The van der Waals surface area contributed by atoms with E-state index in [4.69, 9.17) is 72.7 Å². The smallest absolute Gasteiger partial charge is 0.303 e. The highest BCUT2D eigenvalue weighted by Gasteiger charge is 2.58. The van der Waals surface area contributed by atoms with E-state index in [9.17, 15) is 24.0 Å². The second-order valence-electron chi connectivity index (χ2n) is 9.55. The molecule has 0 aliphatic carbocycles. The first kappa shape index (κ1) is 35.3. The first-order chi connectivity index (χ1) is 19.2. The van der Waals surface area contributed by atoms with Crippen LogP contribution in [0.3, 0.4) is 0 Å². The molecule has 0 aromatic heterocycles. The van der Waals surface area contributed by atoms with Gasteiger partial charge in [-0.05, 0) is 0 Å². The van der Waals surface area contributed by atoms with Crippen molar-refractivity contribution < 1.29 is 61.9 Å². The average molecular weight is 650 g/mol. The normalized spacial score (nSPS) is 33.0. The molecule has 234 valence electrons. The lowest BCUT2D eigenvalue weighted by molar-refractivity contribution is -0.219. The molecule has 13 nitrogen and oxygen atoms in total. The molecule has 0 aromatic carbocycles. The van der Waals surface area contributed by atoms with Gasteiger partial charge in [0, 0.05) is 47.6 Å². The van der Waals surface area contributed by atoms with Crippen molar-refractivity contribution in [2.24, 2.45) is 0 Å². The van der Waals surface area contributed by atoms with Crippen LogP contribution in [0.2, 0.25) is 0 Å². The van der Waals surface area contributed by atoms with E-state index in [2.05, 4.69) is 0 Å². The summed E-state index contributed by atoms with van der Waals surface area (Å²) in [5.74, 6) is -3.45. The SMILES string of the molecule is CC(=O)OC[C@@H]1O[C@H](COCC[C@]2(CCl)O[C@H](CCl)[C@H](OC(C)=O)[C@@H]2OC(C)=O)[C@H](OC(C)=O)[C@@H](OC(C)=O)[C@H]1Cl. The first-order valence-corrected chi connectivity index (χ1v) is 14.2. The van der Waals surface area contributed by atoms with Crippen molar-refractivity contribution in [1.29, 1.82) is 0 Å². The average Bonchev–Trinajstić information content (AvgIpc) is 3.15. The van der Waals surface area contributed by atoms with Crippen LogP contribution in [0.4, 0.5) is 0 Å². The highest BCUT2D eigenvalue weighted by atomic mass is 35.5. The molecule has 41 heavy (non-hydrogen) atoms. The molecule has 0 amide bonds. The third-order valence-electron chi connectivity index (χ3n) is 6.26. The minimum atomic E-state index is -1.32. The maximum Gasteiger partial charge on any atom is 0.303 e. The third-order valence-corrected chi connectivity index (χ3v) is 7.54. The molecular weight excluding hydrogens is 615 g/mol. The molecule has 0 saturated carbocycles. The Labute approximate surface area is 252 Å². The fraction of sp³-hybridized carbons (Fsp3) is 0.800. The van der Waals surface area contributed by atoms with Gasteiger partial charge in [0.05, 0.1) is 18.4 Å². The van der Waals surface area contributed by atoms with Crippen LogP contribution in [0.15, 0.2) is 0 Å². The largest absolute Gasteiger partial charge is 0.463 e. The van der Waals surface area contributed by atoms with E-state index in [1.54, 1.807) is 0 Å². The second-order valence-corrected chi connectivity index (χ2v) is 10.6. The van der Waals surface area contributed by atoms with E-state index in [-0.39, 0.29) is 38.0 Å². The van der Waals surface area contributed by atoms with Gasteiger partial charge < -0.3 is 37.9 Å². The summed E-state index contributed by atoms with van der Waals surface area (Å²) in [6.45, 7) is 5.44. The quantitative estimate of drug-likeness (QED) is 0.123. The Morgan fingerprint density at radius 1 is 0.707 bits per heavy atom. The summed E-state index contributed by atoms with van der Waals surface area (Å²) in [6.07, 6.45) is -7.06. The van der Waals surface area contributed by atoms with E-state index in [1.165, 1.54) is 34.6 Å². The molecule has 0 spiro atoms. The van der Waals surface area contributed by atoms with Crippen molar-refractivity contribution in [3.63, 3.8) is 0 Å². The van der Waals surface area contributed by atoms with Gasteiger partial charge in [0.1, 0.15) is 35.9 Å². The Bertz CT molecular complexity index is 950. The van der Waals surface area contributed by atoms with E-state index in [0.717, 1.165) is 0 Å². The zero-order valence-electron chi connectivity index (χ0n) is 23.3. The van der Waals surface area contributed by atoms with Crippen LogP contribution in [0.5, 0.6) is 0 Å². The fourth-order valence-electron chi connectivity index (χ4n) is 4.66. The summed E-state index contributed by atoms with van der Waals surface area (Å²) < 4.78 is 44.5. The molecule has 2 heterocycles. The van der Waals surface area contributed by atoms with E-state index >= 15 is 0 Å². The monoisotopic (exact) mass is 648 g/mol. The van der Waals surface area contributed by atoms with Crippen molar-refractivity contribution in [2.75, 3.05) is 31.6 Å². The molecule has 0 bridgehead atoms. The molecule has 0 N–H and O–H groups in total. The molecular formula is C25H35Cl3O13. The highest BCUT2D eigenvalue weighted by Crippen LogP contribution is 2.40. The Kier molecular flexibility index (Phi) is 13.8. The number of halogens is 3. The van der Waals surface area contributed by atoms with Gasteiger partial charge in [0.2, 0.25) is 0 Å². The molecule has 2 fully saturated rings. The number of esters is 5. The Hall–Kier alpha value is -1.90. The van der Waals surface area contributed by atoms with Crippen molar-refractivity contribution in [3.05, 3.63) is 0 Å². The summed E-state index contributed by atoms with van der Waals surface area (Å²) in [6, 6.07) is 0. The number of alkyl halides is 3. The lowest BCUT2D eigenvalue weighted by Gasteiger charge is -2.43. The maximum atomic E-state index is 11.9. The number of hydrogen-bond acceptors (Lipinski definition) is 13. The zero-order valence-corrected chi connectivity index (χ0v) is 25.6. The van der Waals surface area contributed by atoms with Gasteiger partial charge in [0.25, 0.3) is 0 Å². The minimum absolute atomic E-state index is 0.0456. The molecule has 2 saturated heterocycles. The van der Waals surface area contributed by atoms with Gasteiger partial charge in [-0.3, -0.25) is 24.0 Å². The number of carbonyl (C=O) groups is 5. The molecule has 0 aromatic rings. The van der Waals surface area contributed by atoms with Crippen LogP contribution in [0, 0.1) is 0 Å². The van der Waals surface area contributed by atoms with E-state index in [1.807, 2.05) is 0 Å². The van der Waals surface area contributed by atoms with Crippen LogP contribution in [-0.2, 0) is 61.9 Å². The minimum Gasteiger partial charge on any atom is -0.463 e. The standard InChI is InChI=1S/C25H35Cl3O13/c1-12(29)35-10-18-20(28)23(38-15(4)32)21(36-13(2)30)19(40-18)9-34-7-6-25(11-27)24(39-16(5)33)22(37-14(3)31)17(8-26)41-25/h17-24H,6-11H2,1-5H3/t17-,18+,19-,20+,21+,22+,23+,24+,25-/m1/s1. The van der Waals surface area contributed by atoms with E-state index < -0.39 is 83.6 Å². The lowest BCUT2D eigenvalue weighted by Crippen LogP contribution is -2.60. The van der Waals surface area contributed by atoms with Gasteiger partial charge in [-0.25, -0.2) is 0 Å². The second kappa shape index (κ2) is 16.1.